The predicted octanol–water partition coefficient (Wildman–Crippen LogP) is 6.08. The fourth-order valence-electron chi connectivity index (χ4n) is 2.10. The summed E-state index contributed by atoms with van der Waals surface area (Å²) in [6, 6.07) is 0. The molecule has 3 unspecified atom stereocenters. The highest BCUT2D eigenvalue weighted by Crippen LogP contribution is 2.23. The molecule has 0 aromatic rings. The zero-order valence-corrected chi connectivity index (χ0v) is 13.0. The van der Waals surface area contributed by atoms with Crippen LogP contribution in [0.25, 0.3) is 0 Å². The second kappa shape index (κ2) is 9.74. The summed E-state index contributed by atoms with van der Waals surface area (Å²) in [6.45, 7) is 14.0. The first kappa shape index (κ1) is 16.7. The average Bonchev–Trinajstić information content (AvgIpc) is 2.31. The van der Waals surface area contributed by atoms with Gasteiger partial charge < -0.3 is 0 Å². The molecule has 0 fully saturated rings. The maximum absolute atomic E-state index is 2.49. The number of rotatable bonds is 9. The third-order valence-electron chi connectivity index (χ3n) is 4.06. The van der Waals surface area contributed by atoms with Gasteiger partial charge in [0.05, 0.1) is 0 Å². The summed E-state index contributed by atoms with van der Waals surface area (Å²) in [5.74, 6) is 3.21. The summed E-state index contributed by atoms with van der Waals surface area (Å²) < 4.78 is 0. The lowest BCUT2D eigenvalue weighted by atomic mass is 9.86. The Morgan fingerprint density at radius 1 is 0.941 bits per heavy atom. The standard InChI is InChI=1S/C17H34/c1-7-9-10-15(5)11-12-17(8-2)13-16(6)14(3)4/h11-12,14-17H,7-10,13H2,1-6H3. The van der Waals surface area contributed by atoms with Crippen LogP contribution < -0.4 is 0 Å². The molecule has 0 saturated heterocycles. The molecule has 0 aliphatic rings. The highest BCUT2D eigenvalue weighted by molar-refractivity contribution is 4.91. The highest BCUT2D eigenvalue weighted by atomic mass is 14.2. The third-order valence-corrected chi connectivity index (χ3v) is 4.06. The average molecular weight is 238 g/mol. The van der Waals surface area contributed by atoms with Gasteiger partial charge in [-0.15, -0.1) is 0 Å². The molecule has 0 nitrogen and oxygen atoms in total. The lowest BCUT2D eigenvalue weighted by molar-refractivity contribution is 0.343. The van der Waals surface area contributed by atoms with Crippen molar-refractivity contribution >= 4 is 0 Å². The van der Waals surface area contributed by atoms with Crippen LogP contribution in [0.15, 0.2) is 12.2 Å². The molecule has 0 saturated carbocycles. The second-order valence-electron chi connectivity index (χ2n) is 6.13. The summed E-state index contributed by atoms with van der Waals surface area (Å²) in [5.41, 5.74) is 0. The van der Waals surface area contributed by atoms with Crippen LogP contribution in [-0.4, -0.2) is 0 Å². The van der Waals surface area contributed by atoms with E-state index in [1.165, 1.54) is 32.1 Å². The highest BCUT2D eigenvalue weighted by Gasteiger charge is 2.12. The normalized spacial score (nSPS) is 17.6. The SMILES string of the molecule is CCCCC(C)C=CC(CC)CC(C)C(C)C. The molecule has 3 atom stereocenters. The van der Waals surface area contributed by atoms with Crippen molar-refractivity contribution in [2.45, 2.75) is 73.6 Å². The first-order valence-corrected chi connectivity index (χ1v) is 7.69. The maximum Gasteiger partial charge on any atom is -0.0233 e. The first-order valence-electron chi connectivity index (χ1n) is 7.69. The summed E-state index contributed by atoms with van der Waals surface area (Å²) >= 11 is 0. The number of hydrogen-bond acceptors (Lipinski definition) is 0. The van der Waals surface area contributed by atoms with Crippen LogP contribution in [0.4, 0.5) is 0 Å². The van der Waals surface area contributed by atoms with E-state index in [1.807, 2.05) is 0 Å². The van der Waals surface area contributed by atoms with Gasteiger partial charge in [0.1, 0.15) is 0 Å². The van der Waals surface area contributed by atoms with Gasteiger partial charge in [-0.1, -0.05) is 66.5 Å². The monoisotopic (exact) mass is 238 g/mol. The van der Waals surface area contributed by atoms with E-state index >= 15 is 0 Å². The van der Waals surface area contributed by atoms with Gasteiger partial charge in [0.2, 0.25) is 0 Å². The van der Waals surface area contributed by atoms with Crippen LogP contribution in [0.3, 0.4) is 0 Å². The molecule has 0 rings (SSSR count). The molecule has 0 N–H and O–H groups in total. The molecule has 0 amide bonds. The molecule has 0 heterocycles. The molecule has 0 bridgehead atoms. The molecular weight excluding hydrogens is 204 g/mol. The lowest BCUT2D eigenvalue weighted by Gasteiger charge is -2.20. The van der Waals surface area contributed by atoms with Crippen LogP contribution >= 0.6 is 0 Å². The molecule has 0 aromatic carbocycles. The zero-order chi connectivity index (χ0) is 13.3. The van der Waals surface area contributed by atoms with Crippen molar-refractivity contribution in [3.05, 3.63) is 12.2 Å². The Labute approximate surface area is 110 Å². The minimum absolute atomic E-state index is 0.762. The van der Waals surface area contributed by atoms with Crippen molar-refractivity contribution < 1.29 is 0 Å². The van der Waals surface area contributed by atoms with Crippen molar-refractivity contribution in [2.75, 3.05) is 0 Å². The molecule has 102 valence electrons. The van der Waals surface area contributed by atoms with Crippen molar-refractivity contribution in [1.82, 2.24) is 0 Å². The van der Waals surface area contributed by atoms with E-state index in [9.17, 15) is 0 Å². The minimum Gasteiger partial charge on any atom is -0.0854 e. The third kappa shape index (κ3) is 8.46. The topological polar surface area (TPSA) is 0 Å². The Morgan fingerprint density at radius 2 is 1.59 bits per heavy atom. The van der Waals surface area contributed by atoms with E-state index in [4.69, 9.17) is 0 Å². The molecule has 0 aliphatic heterocycles. The smallest absolute Gasteiger partial charge is 0.0233 e. The molecule has 0 aliphatic carbocycles. The maximum atomic E-state index is 2.49. The molecular formula is C17H34. The van der Waals surface area contributed by atoms with Crippen molar-refractivity contribution in [2.24, 2.45) is 23.7 Å². The predicted molar refractivity (Wildman–Crippen MR) is 80.2 cm³/mol. The quantitative estimate of drug-likeness (QED) is 0.427. The lowest BCUT2D eigenvalue weighted by Crippen LogP contribution is -2.09. The number of unbranched alkanes of at least 4 members (excludes halogenated alkanes) is 1. The summed E-state index contributed by atoms with van der Waals surface area (Å²) in [7, 11) is 0. The molecule has 17 heavy (non-hydrogen) atoms. The number of hydrogen-bond donors (Lipinski definition) is 0. The second-order valence-corrected chi connectivity index (χ2v) is 6.13. The van der Waals surface area contributed by atoms with Gasteiger partial charge in [-0.05, 0) is 42.9 Å². The summed E-state index contributed by atoms with van der Waals surface area (Å²) in [6.07, 6.45) is 11.6. The van der Waals surface area contributed by atoms with Crippen molar-refractivity contribution in [3.8, 4) is 0 Å². The fraction of sp³-hybridized carbons (Fsp3) is 0.882. The van der Waals surface area contributed by atoms with Gasteiger partial charge in [0, 0.05) is 0 Å². The number of allylic oxidation sites excluding steroid dienone is 2. The van der Waals surface area contributed by atoms with Gasteiger partial charge in [0.25, 0.3) is 0 Å². The molecule has 0 spiro atoms. The summed E-state index contributed by atoms with van der Waals surface area (Å²) in [4.78, 5) is 0. The summed E-state index contributed by atoms with van der Waals surface area (Å²) in [5, 5.41) is 0. The van der Waals surface area contributed by atoms with Gasteiger partial charge >= 0.3 is 0 Å². The first-order chi connectivity index (χ1) is 8.01. The largest absolute Gasteiger partial charge is 0.0854 e. The van der Waals surface area contributed by atoms with E-state index in [0.29, 0.717) is 0 Å². The van der Waals surface area contributed by atoms with E-state index < -0.39 is 0 Å². The fourth-order valence-corrected chi connectivity index (χ4v) is 2.10. The van der Waals surface area contributed by atoms with Crippen LogP contribution in [0.1, 0.15) is 73.6 Å². The van der Waals surface area contributed by atoms with Gasteiger partial charge in [0.15, 0.2) is 0 Å². The Kier molecular flexibility index (Phi) is 9.59. The van der Waals surface area contributed by atoms with E-state index in [1.54, 1.807) is 0 Å². The van der Waals surface area contributed by atoms with Gasteiger partial charge in [-0.25, -0.2) is 0 Å². The van der Waals surface area contributed by atoms with Crippen molar-refractivity contribution in [1.29, 1.82) is 0 Å². The Bertz CT molecular complexity index is 190. The van der Waals surface area contributed by atoms with E-state index in [2.05, 4.69) is 53.7 Å². The van der Waals surface area contributed by atoms with Crippen LogP contribution in [0.2, 0.25) is 0 Å². The Hall–Kier alpha value is -0.260. The molecule has 0 radical (unpaired) electrons. The molecule has 0 aromatic heterocycles. The van der Waals surface area contributed by atoms with Crippen LogP contribution in [-0.2, 0) is 0 Å². The van der Waals surface area contributed by atoms with Crippen LogP contribution in [0, 0.1) is 23.7 Å². The van der Waals surface area contributed by atoms with Gasteiger partial charge in [-0.2, -0.15) is 0 Å². The van der Waals surface area contributed by atoms with Gasteiger partial charge in [-0.3, -0.25) is 0 Å². The zero-order valence-electron chi connectivity index (χ0n) is 13.0. The minimum atomic E-state index is 0.762. The Balaban J connectivity index is 4.06. The van der Waals surface area contributed by atoms with E-state index in [-0.39, 0.29) is 0 Å². The van der Waals surface area contributed by atoms with Crippen molar-refractivity contribution in [3.63, 3.8) is 0 Å². The van der Waals surface area contributed by atoms with E-state index in [0.717, 1.165) is 23.7 Å². The Morgan fingerprint density at radius 3 is 2.06 bits per heavy atom. The van der Waals surface area contributed by atoms with Crippen LogP contribution in [0.5, 0.6) is 0 Å². The molecule has 0 heteroatoms.